The van der Waals surface area contributed by atoms with Gasteiger partial charge in [-0.15, -0.1) is 0 Å². The topological polar surface area (TPSA) is 63.8 Å². The van der Waals surface area contributed by atoms with Crippen LogP contribution in [0.3, 0.4) is 0 Å². The molecular weight excluding hydrogens is 304 g/mol. The molecule has 1 fully saturated rings. The number of fused-ring (bicyclic) bond motifs is 1. The van der Waals surface area contributed by atoms with Crippen LogP contribution in [0.5, 0.6) is 5.75 Å². The van der Waals surface area contributed by atoms with E-state index in [0.717, 1.165) is 18.1 Å². The van der Waals surface area contributed by atoms with E-state index in [-0.39, 0.29) is 18.3 Å². The predicted octanol–water partition coefficient (Wildman–Crippen LogP) is 3.28. The number of hydrogen-bond donors (Lipinski definition) is 1. The summed E-state index contributed by atoms with van der Waals surface area (Å²) in [5.41, 5.74) is 2.14. The summed E-state index contributed by atoms with van der Waals surface area (Å²) >= 11 is 0. The highest BCUT2D eigenvalue weighted by Gasteiger charge is 2.23. The Morgan fingerprint density at radius 1 is 1.50 bits per heavy atom. The van der Waals surface area contributed by atoms with Crippen LogP contribution in [-0.4, -0.2) is 33.5 Å². The largest absolute Gasteiger partial charge is 0.489 e. The summed E-state index contributed by atoms with van der Waals surface area (Å²) in [5, 5.41) is 9.22. The second-order valence-corrected chi connectivity index (χ2v) is 6.85. The molecule has 0 radical (unpaired) electrons. The highest BCUT2D eigenvalue weighted by molar-refractivity contribution is 5.97. The molecule has 3 rings (SSSR count). The number of aromatic nitrogens is 2. The van der Waals surface area contributed by atoms with Gasteiger partial charge < -0.3 is 9.84 Å². The second kappa shape index (κ2) is 7.34. The summed E-state index contributed by atoms with van der Waals surface area (Å²) in [6.07, 6.45) is 6.65. The average molecular weight is 330 g/mol. The van der Waals surface area contributed by atoms with Gasteiger partial charge >= 0.3 is 0 Å². The second-order valence-electron chi connectivity index (χ2n) is 6.85. The molecular formula is C19H26N2O3. The van der Waals surface area contributed by atoms with Crippen molar-refractivity contribution < 1.29 is 14.6 Å². The van der Waals surface area contributed by atoms with Crippen LogP contribution in [0, 0.1) is 11.8 Å². The number of ether oxygens (including phenoxy) is 1. The van der Waals surface area contributed by atoms with Crippen molar-refractivity contribution in [2.45, 2.75) is 46.0 Å². The van der Waals surface area contributed by atoms with Crippen LogP contribution in [0.4, 0.5) is 0 Å². The Morgan fingerprint density at radius 3 is 2.92 bits per heavy atom. The summed E-state index contributed by atoms with van der Waals surface area (Å²) in [6.45, 7) is 4.61. The van der Waals surface area contributed by atoms with Crippen LogP contribution in [-0.2, 0) is 6.42 Å². The maximum absolute atomic E-state index is 12.7. The van der Waals surface area contributed by atoms with Gasteiger partial charge in [-0.05, 0) is 43.2 Å². The highest BCUT2D eigenvalue weighted by atomic mass is 16.5. The van der Waals surface area contributed by atoms with Crippen LogP contribution in [0.1, 0.15) is 55.7 Å². The Morgan fingerprint density at radius 2 is 2.29 bits per heavy atom. The van der Waals surface area contributed by atoms with Gasteiger partial charge in [-0.2, -0.15) is 0 Å². The van der Waals surface area contributed by atoms with Gasteiger partial charge in [0, 0.05) is 19.2 Å². The smallest absolute Gasteiger partial charge is 0.181 e. The lowest BCUT2D eigenvalue weighted by Crippen LogP contribution is -2.19. The minimum atomic E-state index is -0.0502. The van der Waals surface area contributed by atoms with Crippen molar-refractivity contribution in [3.63, 3.8) is 0 Å². The third-order valence-electron chi connectivity index (χ3n) is 4.83. The van der Waals surface area contributed by atoms with E-state index in [1.54, 1.807) is 0 Å². The molecule has 5 heteroatoms. The quantitative estimate of drug-likeness (QED) is 0.755. The Balaban J connectivity index is 1.91. The molecule has 0 spiro atoms. The maximum atomic E-state index is 12.7. The fourth-order valence-electron chi connectivity index (χ4n) is 3.09. The van der Waals surface area contributed by atoms with Crippen molar-refractivity contribution in [3.05, 3.63) is 29.7 Å². The van der Waals surface area contributed by atoms with Crippen LogP contribution in [0.25, 0.3) is 5.65 Å². The van der Waals surface area contributed by atoms with Crippen LogP contribution in [0.15, 0.2) is 18.3 Å². The molecule has 130 valence electrons. The predicted molar refractivity (Wildman–Crippen MR) is 92.6 cm³/mol. The number of aryl methyl sites for hydroxylation is 1. The molecule has 1 aliphatic rings. The summed E-state index contributed by atoms with van der Waals surface area (Å²) in [6, 6.07) is 3.82. The van der Waals surface area contributed by atoms with Crippen molar-refractivity contribution in [1.82, 2.24) is 9.38 Å². The first-order chi connectivity index (χ1) is 11.6. The number of aliphatic hydroxyl groups excluding tert-OH is 1. The average Bonchev–Trinajstić information content (AvgIpc) is 2.92. The lowest BCUT2D eigenvalue weighted by molar-refractivity contribution is 0.0936. The maximum Gasteiger partial charge on any atom is 0.181 e. The fraction of sp³-hybridized carbons (Fsp3) is 0.579. The molecule has 0 aromatic carbocycles. The van der Waals surface area contributed by atoms with E-state index in [1.807, 2.05) is 36.6 Å². The number of carbonyl (C=O) groups excluding carboxylic acids is 1. The van der Waals surface area contributed by atoms with E-state index in [1.165, 1.54) is 19.3 Å². The zero-order valence-electron chi connectivity index (χ0n) is 14.5. The molecule has 1 N–H and O–H groups in total. The molecule has 0 saturated heterocycles. The molecule has 1 saturated carbocycles. The third kappa shape index (κ3) is 3.31. The molecule has 24 heavy (non-hydrogen) atoms. The summed E-state index contributed by atoms with van der Waals surface area (Å²) in [5.74, 6) is 1.37. The molecule has 2 aromatic rings. The van der Waals surface area contributed by atoms with Gasteiger partial charge in [-0.1, -0.05) is 20.3 Å². The van der Waals surface area contributed by atoms with Crippen LogP contribution < -0.4 is 4.74 Å². The molecule has 1 aliphatic carbocycles. The van der Waals surface area contributed by atoms with Crippen LogP contribution >= 0.6 is 0 Å². The molecule has 0 aliphatic heterocycles. The number of nitrogens with zero attached hydrogens (tertiary/aromatic N) is 2. The number of carbonyl (C=O) groups is 1. The minimum Gasteiger partial charge on any atom is -0.489 e. The monoisotopic (exact) mass is 330 g/mol. The standard InChI is InChI=1S/C19H26N2O3/c1-3-15-18(16(23)10-13(2)11-22)21-9-5-8-17(19(21)20-15)24-12-14-6-4-7-14/h5,8-9,13-14,22H,3-4,6-7,10-12H2,1-2H3/t13-/m1/s1. The van der Waals surface area contributed by atoms with E-state index in [2.05, 4.69) is 4.98 Å². The van der Waals surface area contributed by atoms with Crippen molar-refractivity contribution >= 4 is 11.4 Å². The SMILES string of the molecule is CCc1nc2c(OCC3CCC3)cccn2c1C(=O)C[C@@H](C)CO. The van der Waals surface area contributed by atoms with Crippen molar-refractivity contribution in [1.29, 1.82) is 0 Å². The first-order valence-corrected chi connectivity index (χ1v) is 8.90. The van der Waals surface area contributed by atoms with E-state index < -0.39 is 0 Å². The molecule has 1 atom stereocenters. The number of imidazole rings is 1. The highest BCUT2D eigenvalue weighted by Crippen LogP contribution is 2.29. The van der Waals surface area contributed by atoms with Gasteiger partial charge in [0.2, 0.25) is 0 Å². The van der Waals surface area contributed by atoms with E-state index in [0.29, 0.717) is 30.1 Å². The van der Waals surface area contributed by atoms with Gasteiger partial charge in [0.05, 0.1) is 12.3 Å². The third-order valence-corrected chi connectivity index (χ3v) is 4.83. The summed E-state index contributed by atoms with van der Waals surface area (Å²) in [4.78, 5) is 17.4. The lowest BCUT2D eigenvalue weighted by Gasteiger charge is -2.25. The number of Topliss-reactive ketones (excluding diaryl/α,β-unsaturated/α-hetero) is 1. The van der Waals surface area contributed by atoms with Gasteiger partial charge in [0.1, 0.15) is 5.69 Å². The molecule has 2 aromatic heterocycles. The summed E-state index contributed by atoms with van der Waals surface area (Å²) < 4.78 is 7.83. The Hall–Kier alpha value is -1.88. The minimum absolute atomic E-state index is 0.0136. The van der Waals surface area contributed by atoms with Gasteiger partial charge in [0.25, 0.3) is 0 Å². The fourth-order valence-corrected chi connectivity index (χ4v) is 3.09. The van der Waals surface area contributed by atoms with E-state index >= 15 is 0 Å². The summed E-state index contributed by atoms with van der Waals surface area (Å²) in [7, 11) is 0. The zero-order chi connectivity index (χ0) is 17.1. The molecule has 0 amide bonds. The van der Waals surface area contributed by atoms with Gasteiger partial charge in [-0.25, -0.2) is 4.98 Å². The molecule has 0 bridgehead atoms. The number of hydrogen-bond acceptors (Lipinski definition) is 4. The Kier molecular flexibility index (Phi) is 5.19. The Labute approximate surface area is 142 Å². The van der Waals surface area contributed by atoms with Gasteiger partial charge in [0.15, 0.2) is 17.2 Å². The Bertz CT molecular complexity index is 719. The molecule has 5 nitrogen and oxygen atoms in total. The lowest BCUT2D eigenvalue weighted by atomic mass is 9.86. The molecule has 0 unspecified atom stereocenters. The molecule has 2 heterocycles. The van der Waals surface area contributed by atoms with E-state index in [9.17, 15) is 9.90 Å². The van der Waals surface area contributed by atoms with Crippen molar-refractivity contribution in [3.8, 4) is 5.75 Å². The first kappa shape index (κ1) is 17.0. The van der Waals surface area contributed by atoms with Crippen molar-refractivity contribution in [2.24, 2.45) is 11.8 Å². The normalized spacial score (nSPS) is 16.1. The van der Waals surface area contributed by atoms with Gasteiger partial charge in [-0.3, -0.25) is 9.20 Å². The van der Waals surface area contributed by atoms with Crippen molar-refractivity contribution in [2.75, 3.05) is 13.2 Å². The number of aliphatic hydroxyl groups is 1. The van der Waals surface area contributed by atoms with Crippen LogP contribution in [0.2, 0.25) is 0 Å². The first-order valence-electron chi connectivity index (χ1n) is 8.90. The zero-order valence-corrected chi connectivity index (χ0v) is 14.5. The number of pyridine rings is 1. The van der Waals surface area contributed by atoms with E-state index in [4.69, 9.17) is 4.74 Å². The number of ketones is 1. The number of rotatable bonds is 8.